The van der Waals surface area contributed by atoms with Crippen molar-refractivity contribution in [3.05, 3.63) is 77.3 Å². The lowest BCUT2D eigenvalue weighted by atomic mass is 10.1. The van der Waals surface area contributed by atoms with E-state index >= 15 is 0 Å². The van der Waals surface area contributed by atoms with Crippen molar-refractivity contribution in [3.8, 4) is 0 Å². The number of hydrogen-bond acceptors (Lipinski definition) is 3. The predicted molar refractivity (Wildman–Crippen MR) is 106 cm³/mol. The first-order valence-corrected chi connectivity index (χ1v) is 8.73. The number of furan rings is 1. The topological polar surface area (TPSA) is 71.3 Å². The van der Waals surface area contributed by atoms with Crippen molar-refractivity contribution in [3.63, 3.8) is 0 Å². The smallest absolute Gasteiger partial charge is 0.253 e. The fourth-order valence-corrected chi connectivity index (χ4v) is 3.13. The number of nitrogens with one attached hydrogen (secondary N) is 2. The number of carbonyl (C=O) groups is 2. The number of benzene rings is 3. The Balaban J connectivity index is 1.44. The van der Waals surface area contributed by atoms with Gasteiger partial charge in [-0.3, -0.25) is 9.59 Å². The zero-order valence-corrected chi connectivity index (χ0v) is 14.9. The minimum atomic E-state index is -0.400. The third kappa shape index (κ3) is 3.50. The van der Waals surface area contributed by atoms with Crippen molar-refractivity contribution in [2.45, 2.75) is 0 Å². The maximum Gasteiger partial charge on any atom is 0.253 e. The highest BCUT2D eigenvalue weighted by Crippen LogP contribution is 2.30. The molecule has 2 amide bonds. The van der Waals surface area contributed by atoms with E-state index in [1.165, 1.54) is 0 Å². The van der Waals surface area contributed by atoms with Gasteiger partial charge in [0.1, 0.15) is 11.2 Å². The fourth-order valence-electron chi connectivity index (χ4n) is 2.91. The van der Waals surface area contributed by atoms with Crippen LogP contribution in [0.2, 0.25) is 5.02 Å². The van der Waals surface area contributed by atoms with Crippen molar-refractivity contribution in [2.24, 2.45) is 0 Å². The van der Waals surface area contributed by atoms with Gasteiger partial charge in [0.2, 0.25) is 5.91 Å². The van der Waals surface area contributed by atoms with Crippen molar-refractivity contribution >= 4 is 51.0 Å². The molecule has 0 aliphatic rings. The Kier molecular flexibility index (Phi) is 4.52. The maximum atomic E-state index is 12.2. The number of hydrogen-bond donors (Lipinski definition) is 2. The molecule has 0 aliphatic heterocycles. The van der Waals surface area contributed by atoms with E-state index in [9.17, 15) is 9.59 Å². The summed E-state index contributed by atoms with van der Waals surface area (Å²) in [5.74, 6) is -0.741. The van der Waals surface area contributed by atoms with E-state index in [1.54, 1.807) is 36.4 Å². The number of carbonyl (C=O) groups excluding carboxylic acids is 2. The molecule has 27 heavy (non-hydrogen) atoms. The van der Waals surface area contributed by atoms with E-state index in [1.807, 2.05) is 30.3 Å². The molecule has 0 fully saturated rings. The summed E-state index contributed by atoms with van der Waals surface area (Å²) in [7, 11) is 0. The highest BCUT2D eigenvalue weighted by molar-refractivity contribution is 6.33. The molecule has 5 nitrogen and oxygen atoms in total. The summed E-state index contributed by atoms with van der Waals surface area (Å²) in [6.45, 7) is -0.164. The van der Waals surface area contributed by atoms with E-state index in [0.717, 1.165) is 16.4 Å². The highest BCUT2D eigenvalue weighted by atomic mass is 35.5. The summed E-state index contributed by atoms with van der Waals surface area (Å²) >= 11 is 5.98. The Bertz CT molecular complexity index is 1170. The zero-order valence-electron chi connectivity index (χ0n) is 14.2. The van der Waals surface area contributed by atoms with Gasteiger partial charge >= 0.3 is 0 Å². The Labute approximate surface area is 159 Å². The first kappa shape index (κ1) is 17.1. The van der Waals surface area contributed by atoms with Gasteiger partial charge in [-0.15, -0.1) is 0 Å². The van der Waals surface area contributed by atoms with Crippen molar-refractivity contribution in [1.29, 1.82) is 0 Å². The van der Waals surface area contributed by atoms with Crippen LogP contribution >= 0.6 is 11.6 Å². The van der Waals surface area contributed by atoms with E-state index in [4.69, 9.17) is 16.0 Å². The summed E-state index contributed by atoms with van der Waals surface area (Å²) in [5.41, 5.74) is 2.41. The van der Waals surface area contributed by atoms with Gasteiger partial charge in [-0.2, -0.15) is 0 Å². The summed E-state index contributed by atoms with van der Waals surface area (Å²) in [4.78, 5) is 24.3. The molecule has 6 heteroatoms. The summed E-state index contributed by atoms with van der Waals surface area (Å²) in [6, 6.07) is 19.9. The minimum Gasteiger partial charge on any atom is -0.456 e. The van der Waals surface area contributed by atoms with Gasteiger partial charge in [-0.05, 0) is 30.3 Å². The molecule has 0 spiro atoms. The van der Waals surface area contributed by atoms with Crippen LogP contribution in [-0.4, -0.2) is 18.4 Å². The van der Waals surface area contributed by atoms with Crippen LogP contribution in [0.5, 0.6) is 0 Å². The lowest BCUT2D eigenvalue weighted by Gasteiger charge is -2.08. The van der Waals surface area contributed by atoms with Crippen LogP contribution in [-0.2, 0) is 4.79 Å². The molecule has 4 aromatic rings. The lowest BCUT2D eigenvalue weighted by molar-refractivity contribution is -0.115. The quantitative estimate of drug-likeness (QED) is 0.544. The van der Waals surface area contributed by atoms with Crippen LogP contribution in [0.3, 0.4) is 0 Å². The summed E-state index contributed by atoms with van der Waals surface area (Å²) in [6.07, 6.45) is 0. The van der Waals surface area contributed by atoms with Crippen LogP contribution in [0.1, 0.15) is 10.4 Å². The average molecular weight is 379 g/mol. The SMILES string of the molecule is O=C(CNC(=O)c1ccccc1Cl)Nc1ccc2c(c1)oc1ccccc12. The van der Waals surface area contributed by atoms with Gasteiger partial charge < -0.3 is 15.1 Å². The van der Waals surface area contributed by atoms with Crippen LogP contribution in [0, 0.1) is 0 Å². The molecule has 0 aliphatic carbocycles. The van der Waals surface area contributed by atoms with Crippen molar-refractivity contribution < 1.29 is 14.0 Å². The van der Waals surface area contributed by atoms with Gasteiger partial charge in [-0.1, -0.05) is 41.9 Å². The van der Waals surface area contributed by atoms with Crippen LogP contribution < -0.4 is 10.6 Å². The molecule has 0 atom stereocenters. The highest BCUT2D eigenvalue weighted by Gasteiger charge is 2.12. The normalized spacial score (nSPS) is 10.9. The largest absolute Gasteiger partial charge is 0.456 e. The van der Waals surface area contributed by atoms with Gasteiger partial charge in [-0.25, -0.2) is 0 Å². The van der Waals surface area contributed by atoms with E-state index in [2.05, 4.69) is 10.6 Å². The molecular formula is C21H15ClN2O3. The molecule has 0 saturated heterocycles. The second kappa shape index (κ2) is 7.13. The molecule has 0 saturated carbocycles. The number of halogens is 1. The molecule has 4 rings (SSSR count). The number of anilines is 1. The van der Waals surface area contributed by atoms with Crippen LogP contribution in [0.4, 0.5) is 5.69 Å². The number of amides is 2. The first-order valence-electron chi connectivity index (χ1n) is 8.36. The Morgan fingerprint density at radius 3 is 2.48 bits per heavy atom. The minimum absolute atomic E-state index is 0.164. The molecule has 0 bridgehead atoms. The molecule has 3 aromatic carbocycles. The second-order valence-electron chi connectivity index (χ2n) is 6.02. The van der Waals surface area contributed by atoms with Gasteiger partial charge in [0.15, 0.2) is 0 Å². The monoisotopic (exact) mass is 378 g/mol. The third-order valence-corrected chi connectivity index (χ3v) is 4.52. The van der Waals surface area contributed by atoms with E-state index in [0.29, 0.717) is 21.9 Å². The number of fused-ring (bicyclic) bond motifs is 3. The molecule has 134 valence electrons. The summed E-state index contributed by atoms with van der Waals surface area (Å²) in [5, 5.41) is 7.66. The maximum absolute atomic E-state index is 12.2. The molecule has 0 radical (unpaired) electrons. The number of rotatable bonds is 4. The van der Waals surface area contributed by atoms with Gasteiger partial charge in [0, 0.05) is 22.5 Å². The average Bonchev–Trinajstić information content (AvgIpc) is 3.04. The van der Waals surface area contributed by atoms with E-state index < -0.39 is 5.91 Å². The molecule has 2 N–H and O–H groups in total. The third-order valence-electron chi connectivity index (χ3n) is 4.19. The molecule has 1 aromatic heterocycles. The lowest BCUT2D eigenvalue weighted by Crippen LogP contribution is -2.32. The second-order valence-corrected chi connectivity index (χ2v) is 6.43. The Morgan fingerprint density at radius 2 is 1.63 bits per heavy atom. The Hall–Kier alpha value is -3.31. The van der Waals surface area contributed by atoms with Crippen molar-refractivity contribution in [2.75, 3.05) is 11.9 Å². The summed E-state index contributed by atoms with van der Waals surface area (Å²) < 4.78 is 5.81. The first-order chi connectivity index (χ1) is 13.1. The molecular weight excluding hydrogens is 364 g/mol. The molecule has 0 unspecified atom stereocenters. The standard InChI is InChI=1S/C21H15ClN2O3/c22-17-7-3-1-6-16(17)21(26)23-12-20(25)24-13-9-10-15-14-5-2-4-8-18(14)27-19(15)11-13/h1-11H,12H2,(H,23,26)(H,24,25). The Morgan fingerprint density at radius 1 is 0.889 bits per heavy atom. The molecule has 1 heterocycles. The van der Waals surface area contributed by atoms with Crippen LogP contribution in [0.25, 0.3) is 21.9 Å². The van der Waals surface area contributed by atoms with Gasteiger partial charge in [0.25, 0.3) is 5.91 Å². The van der Waals surface area contributed by atoms with Crippen LogP contribution in [0.15, 0.2) is 71.1 Å². The van der Waals surface area contributed by atoms with E-state index in [-0.39, 0.29) is 12.5 Å². The van der Waals surface area contributed by atoms with Crippen molar-refractivity contribution in [1.82, 2.24) is 5.32 Å². The number of para-hydroxylation sites is 1. The van der Waals surface area contributed by atoms with Gasteiger partial charge in [0.05, 0.1) is 17.1 Å². The zero-order chi connectivity index (χ0) is 18.8. The fraction of sp³-hybridized carbons (Fsp3) is 0.0476. The predicted octanol–water partition coefficient (Wildman–Crippen LogP) is 4.61.